The van der Waals surface area contributed by atoms with Gasteiger partial charge in [0.15, 0.2) is 0 Å². The molecule has 0 saturated heterocycles. The zero-order valence-corrected chi connectivity index (χ0v) is 13.6. The Bertz CT molecular complexity index is 754. The minimum Gasteiger partial charge on any atom is -0.325 e. The third kappa shape index (κ3) is 4.17. The van der Waals surface area contributed by atoms with Gasteiger partial charge in [-0.25, -0.2) is 0 Å². The van der Waals surface area contributed by atoms with E-state index in [0.717, 1.165) is 16.7 Å². The van der Waals surface area contributed by atoms with E-state index >= 15 is 0 Å². The maximum atomic E-state index is 12.3. The van der Waals surface area contributed by atoms with Crippen molar-refractivity contribution in [2.45, 2.75) is 20.8 Å². The van der Waals surface area contributed by atoms with Crippen molar-refractivity contribution in [1.29, 1.82) is 0 Å². The van der Waals surface area contributed by atoms with Gasteiger partial charge in [0.1, 0.15) is 0 Å². The average molecular weight is 311 g/mol. The van der Waals surface area contributed by atoms with Gasteiger partial charge in [0.05, 0.1) is 6.54 Å². The molecule has 5 heteroatoms. The summed E-state index contributed by atoms with van der Waals surface area (Å²) in [5, 5.41) is 5.57. The highest BCUT2D eigenvalue weighted by Crippen LogP contribution is 2.21. The van der Waals surface area contributed by atoms with Gasteiger partial charge in [0.25, 0.3) is 5.91 Å². The normalized spacial score (nSPS) is 10.3. The molecule has 0 heterocycles. The Morgan fingerprint density at radius 2 is 1.65 bits per heavy atom. The van der Waals surface area contributed by atoms with E-state index in [-0.39, 0.29) is 18.4 Å². The quantitative estimate of drug-likeness (QED) is 0.811. The molecular formula is C18H21N3O2. The summed E-state index contributed by atoms with van der Waals surface area (Å²) in [6.45, 7) is 5.79. The maximum absolute atomic E-state index is 12.3. The van der Waals surface area contributed by atoms with Gasteiger partial charge in [0.2, 0.25) is 5.91 Å². The number of carbonyl (C=O) groups excluding carboxylic acids is 2. The van der Waals surface area contributed by atoms with Gasteiger partial charge in [-0.05, 0) is 67.8 Å². The van der Waals surface area contributed by atoms with Gasteiger partial charge in [-0.2, -0.15) is 0 Å². The fourth-order valence-electron chi connectivity index (χ4n) is 2.17. The summed E-state index contributed by atoms with van der Waals surface area (Å²) in [5.41, 5.74) is 10.3. The lowest BCUT2D eigenvalue weighted by Crippen LogP contribution is -2.22. The molecule has 0 aliphatic heterocycles. The van der Waals surface area contributed by atoms with Crippen LogP contribution in [-0.2, 0) is 4.79 Å². The van der Waals surface area contributed by atoms with Crippen molar-refractivity contribution < 1.29 is 9.59 Å². The smallest absolute Gasteiger partial charge is 0.255 e. The van der Waals surface area contributed by atoms with E-state index in [1.165, 1.54) is 0 Å². The van der Waals surface area contributed by atoms with Crippen LogP contribution in [0.3, 0.4) is 0 Å². The van der Waals surface area contributed by atoms with Gasteiger partial charge < -0.3 is 16.4 Å². The monoisotopic (exact) mass is 311 g/mol. The number of nitrogens with one attached hydrogen (secondary N) is 2. The summed E-state index contributed by atoms with van der Waals surface area (Å²) in [7, 11) is 0. The van der Waals surface area contributed by atoms with Crippen LogP contribution in [0.25, 0.3) is 0 Å². The van der Waals surface area contributed by atoms with Crippen molar-refractivity contribution in [3.05, 3.63) is 58.7 Å². The van der Waals surface area contributed by atoms with Gasteiger partial charge in [-0.3, -0.25) is 9.59 Å². The Morgan fingerprint density at radius 1 is 0.913 bits per heavy atom. The van der Waals surface area contributed by atoms with Crippen LogP contribution in [0, 0.1) is 20.8 Å². The molecular weight excluding hydrogens is 290 g/mol. The second kappa shape index (κ2) is 7.07. The highest BCUT2D eigenvalue weighted by molar-refractivity contribution is 6.05. The molecule has 0 radical (unpaired) electrons. The van der Waals surface area contributed by atoms with Crippen LogP contribution in [0.15, 0.2) is 36.4 Å². The number of benzene rings is 2. The summed E-state index contributed by atoms with van der Waals surface area (Å²) in [6, 6.07) is 10.9. The van der Waals surface area contributed by atoms with Gasteiger partial charge in [-0.1, -0.05) is 6.07 Å². The van der Waals surface area contributed by atoms with E-state index in [2.05, 4.69) is 10.6 Å². The number of aryl methyl sites for hydroxylation is 3. The Balaban J connectivity index is 2.14. The third-order valence-corrected chi connectivity index (χ3v) is 3.71. The fraction of sp³-hybridized carbons (Fsp3) is 0.222. The molecule has 0 atom stereocenters. The van der Waals surface area contributed by atoms with Gasteiger partial charge >= 0.3 is 0 Å². The van der Waals surface area contributed by atoms with E-state index in [1.54, 1.807) is 18.2 Å². The molecule has 0 saturated carbocycles. The molecule has 0 aliphatic rings. The number of rotatable bonds is 4. The average Bonchev–Trinajstić information content (AvgIpc) is 2.52. The lowest BCUT2D eigenvalue weighted by atomic mass is 10.1. The lowest BCUT2D eigenvalue weighted by Gasteiger charge is -2.11. The minimum atomic E-state index is -0.253. The van der Waals surface area contributed by atoms with Gasteiger partial charge in [0, 0.05) is 16.9 Å². The zero-order chi connectivity index (χ0) is 17.0. The topological polar surface area (TPSA) is 84.2 Å². The Hall–Kier alpha value is -2.66. The number of hydrogen-bond acceptors (Lipinski definition) is 3. The first kappa shape index (κ1) is 16.7. The number of hydrogen-bond donors (Lipinski definition) is 3. The summed E-state index contributed by atoms with van der Waals surface area (Å²) >= 11 is 0. The molecule has 2 aromatic carbocycles. The van der Waals surface area contributed by atoms with Crippen LogP contribution in [0.5, 0.6) is 0 Å². The van der Waals surface area contributed by atoms with E-state index in [0.29, 0.717) is 16.9 Å². The fourth-order valence-corrected chi connectivity index (χ4v) is 2.17. The van der Waals surface area contributed by atoms with Crippen molar-refractivity contribution >= 4 is 23.2 Å². The molecule has 4 N–H and O–H groups in total. The second-order valence-corrected chi connectivity index (χ2v) is 5.54. The van der Waals surface area contributed by atoms with Crippen molar-refractivity contribution in [2.24, 2.45) is 5.73 Å². The minimum absolute atomic E-state index is 0.0652. The highest BCUT2D eigenvalue weighted by atomic mass is 16.2. The molecule has 0 spiro atoms. The van der Waals surface area contributed by atoms with E-state index in [1.807, 2.05) is 39.0 Å². The van der Waals surface area contributed by atoms with E-state index in [9.17, 15) is 9.59 Å². The van der Waals surface area contributed by atoms with Crippen LogP contribution in [0.1, 0.15) is 27.0 Å². The van der Waals surface area contributed by atoms with Crippen LogP contribution < -0.4 is 16.4 Å². The van der Waals surface area contributed by atoms with Gasteiger partial charge in [-0.15, -0.1) is 0 Å². The summed E-state index contributed by atoms with van der Waals surface area (Å²) in [6.07, 6.45) is 0. The molecule has 2 amide bonds. The first-order valence-corrected chi connectivity index (χ1v) is 7.40. The molecule has 0 unspecified atom stereocenters. The van der Waals surface area contributed by atoms with Crippen LogP contribution in [0.4, 0.5) is 11.4 Å². The van der Waals surface area contributed by atoms with E-state index < -0.39 is 0 Å². The number of anilines is 2. The summed E-state index contributed by atoms with van der Waals surface area (Å²) < 4.78 is 0. The molecule has 120 valence electrons. The molecule has 0 aromatic heterocycles. The SMILES string of the molecule is Cc1ccc(C(=O)Nc2ccc(NC(=O)CN)cc2C)cc1C. The molecule has 0 aliphatic carbocycles. The Kier molecular flexibility index (Phi) is 5.13. The standard InChI is InChI=1S/C18H21N3O2/c1-11-4-5-14(8-12(11)2)18(23)21-16-7-6-15(9-13(16)3)20-17(22)10-19/h4-9H,10,19H2,1-3H3,(H,20,22)(H,21,23). The zero-order valence-electron chi connectivity index (χ0n) is 13.6. The molecule has 2 rings (SSSR count). The first-order valence-electron chi connectivity index (χ1n) is 7.40. The van der Waals surface area contributed by atoms with Crippen LogP contribution in [-0.4, -0.2) is 18.4 Å². The predicted octanol–water partition coefficient (Wildman–Crippen LogP) is 2.76. The molecule has 0 bridgehead atoms. The third-order valence-electron chi connectivity index (χ3n) is 3.71. The van der Waals surface area contributed by atoms with Crippen molar-refractivity contribution in [3.63, 3.8) is 0 Å². The number of amides is 2. The summed E-state index contributed by atoms with van der Waals surface area (Å²) in [5.74, 6) is -0.411. The molecule has 0 fully saturated rings. The van der Waals surface area contributed by atoms with Crippen LogP contribution >= 0.6 is 0 Å². The first-order chi connectivity index (χ1) is 10.9. The molecule has 5 nitrogen and oxygen atoms in total. The largest absolute Gasteiger partial charge is 0.325 e. The van der Waals surface area contributed by atoms with Crippen molar-refractivity contribution in [3.8, 4) is 0 Å². The molecule has 2 aromatic rings. The summed E-state index contributed by atoms with van der Waals surface area (Å²) in [4.78, 5) is 23.6. The Morgan fingerprint density at radius 3 is 2.26 bits per heavy atom. The van der Waals surface area contributed by atoms with E-state index in [4.69, 9.17) is 5.73 Å². The molecule has 23 heavy (non-hydrogen) atoms. The lowest BCUT2D eigenvalue weighted by molar-refractivity contribution is -0.114. The Labute approximate surface area is 135 Å². The predicted molar refractivity (Wildman–Crippen MR) is 92.7 cm³/mol. The highest BCUT2D eigenvalue weighted by Gasteiger charge is 2.09. The maximum Gasteiger partial charge on any atom is 0.255 e. The number of carbonyl (C=O) groups is 2. The second-order valence-electron chi connectivity index (χ2n) is 5.54. The van der Waals surface area contributed by atoms with Crippen molar-refractivity contribution in [2.75, 3.05) is 17.2 Å². The van der Waals surface area contributed by atoms with Crippen LogP contribution in [0.2, 0.25) is 0 Å². The van der Waals surface area contributed by atoms with Crippen molar-refractivity contribution in [1.82, 2.24) is 0 Å². The number of nitrogens with two attached hydrogens (primary N) is 1.